The highest BCUT2D eigenvalue weighted by atomic mass is 19.4. The van der Waals surface area contributed by atoms with Crippen LogP contribution < -0.4 is 10.5 Å². The van der Waals surface area contributed by atoms with Gasteiger partial charge in [-0.15, -0.1) is 13.2 Å². The van der Waals surface area contributed by atoms with Gasteiger partial charge in [-0.1, -0.05) is 26.0 Å². The van der Waals surface area contributed by atoms with Crippen molar-refractivity contribution in [2.24, 2.45) is 5.73 Å². The first-order valence-electron chi connectivity index (χ1n) is 6.71. The first kappa shape index (κ1) is 16.8. The average Bonchev–Trinajstić information content (AvgIpc) is 2.38. The number of rotatable bonds is 7. The molecule has 0 bridgehead atoms. The summed E-state index contributed by atoms with van der Waals surface area (Å²) in [4.78, 5) is 2.21. The Hall–Kier alpha value is -1.27. The van der Waals surface area contributed by atoms with E-state index in [0.717, 1.165) is 25.1 Å². The number of benzene rings is 1. The number of alkyl halides is 3. The minimum absolute atomic E-state index is 0.0138. The molecule has 0 aromatic heterocycles. The van der Waals surface area contributed by atoms with Crippen molar-refractivity contribution >= 4 is 0 Å². The van der Waals surface area contributed by atoms with E-state index in [2.05, 4.69) is 16.6 Å². The number of nitrogens with two attached hydrogens (primary N) is 1. The van der Waals surface area contributed by atoms with Crippen molar-refractivity contribution in [2.75, 3.05) is 19.6 Å². The van der Waals surface area contributed by atoms with E-state index in [9.17, 15) is 13.2 Å². The summed E-state index contributed by atoms with van der Waals surface area (Å²) in [5.74, 6) is -0.212. The molecule has 0 heterocycles. The summed E-state index contributed by atoms with van der Waals surface area (Å²) < 4.78 is 40.2. The minimum atomic E-state index is -4.66. The van der Waals surface area contributed by atoms with Crippen LogP contribution in [0.25, 0.3) is 0 Å². The predicted octanol–water partition coefficient (Wildman–Crippen LogP) is 3.32. The van der Waals surface area contributed by atoms with Gasteiger partial charge in [0.1, 0.15) is 5.75 Å². The molecule has 1 atom stereocenters. The molecule has 3 nitrogen and oxygen atoms in total. The van der Waals surface area contributed by atoms with Gasteiger partial charge in [0.2, 0.25) is 0 Å². The summed E-state index contributed by atoms with van der Waals surface area (Å²) in [7, 11) is 0. The molecule has 0 aliphatic heterocycles. The number of likely N-dealkylation sites (N-methyl/N-ethyl adjacent to an activating group) is 1. The Bertz CT molecular complexity index is 392. The average molecular weight is 290 g/mol. The highest BCUT2D eigenvalue weighted by Gasteiger charge is 2.31. The van der Waals surface area contributed by atoms with Gasteiger partial charge in [-0.25, -0.2) is 0 Å². The summed E-state index contributed by atoms with van der Waals surface area (Å²) in [6.07, 6.45) is -3.66. The highest BCUT2D eigenvalue weighted by molar-refractivity contribution is 5.29. The van der Waals surface area contributed by atoms with Crippen molar-refractivity contribution in [3.05, 3.63) is 29.8 Å². The van der Waals surface area contributed by atoms with Crippen LogP contribution >= 0.6 is 0 Å². The molecule has 0 amide bonds. The fourth-order valence-corrected chi connectivity index (χ4v) is 2.21. The molecule has 0 saturated heterocycles. The smallest absolute Gasteiger partial charge is 0.406 e. The van der Waals surface area contributed by atoms with Crippen molar-refractivity contribution in [1.82, 2.24) is 4.90 Å². The van der Waals surface area contributed by atoms with Gasteiger partial charge in [0.25, 0.3) is 0 Å². The van der Waals surface area contributed by atoms with Gasteiger partial charge in [0.05, 0.1) is 0 Å². The minimum Gasteiger partial charge on any atom is -0.406 e. The van der Waals surface area contributed by atoms with Crippen molar-refractivity contribution in [3.8, 4) is 5.75 Å². The highest BCUT2D eigenvalue weighted by Crippen LogP contribution is 2.26. The van der Waals surface area contributed by atoms with Crippen LogP contribution in [0.4, 0.5) is 13.2 Å². The lowest BCUT2D eigenvalue weighted by molar-refractivity contribution is -0.274. The molecule has 0 aliphatic carbocycles. The Labute approximate surface area is 117 Å². The van der Waals surface area contributed by atoms with Crippen molar-refractivity contribution in [2.45, 2.75) is 32.7 Å². The first-order valence-corrected chi connectivity index (χ1v) is 6.71. The standard InChI is InChI=1S/C14H21F3N2O/c1-3-9-19(4-2)13(10-18)11-5-7-12(8-6-11)20-14(15,16)17/h5-8,13H,3-4,9-10,18H2,1-2H3. The molecular weight excluding hydrogens is 269 g/mol. The van der Waals surface area contributed by atoms with Crippen LogP contribution in [0.2, 0.25) is 0 Å². The Balaban J connectivity index is 2.84. The van der Waals surface area contributed by atoms with E-state index in [1.807, 2.05) is 6.92 Å². The molecule has 0 fully saturated rings. The van der Waals surface area contributed by atoms with Gasteiger partial charge >= 0.3 is 6.36 Å². The summed E-state index contributed by atoms with van der Waals surface area (Å²) in [5, 5.41) is 0. The topological polar surface area (TPSA) is 38.5 Å². The van der Waals surface area contributed by atoms with Gasteiger partial charge in [0, 0.05) is 12.6 Å². The number of ether oxygens (including phenoxy) is 1. The van der Waals surface area contributed by atoms with E-state index in [0.29, 0.717) is 6.54 Å². The van der Waals surface area contributed by atoms with Crippen molar-refractivity contribution in [3.63, 3.8) is 0 Å². The van der Waals surface area contributed by atoms with Gasteiger partial charge < -0.3 is 10.5 Å². The van der Waals surface area contributed by atoms with Gasteiger partial charge in [-0.05, 0) is 37.2 Å². The Kier molecular flexibility index (Phi) is 6.29. The Morgan fingerprint density at radius 2 is 1.80 bits per heavy atom. The Morgan fingerprint density at radius 1 is 1.20 bits per heavy atom. The fourth-order valence-electron chi connectivity index (χ4n) is 2.21. The van der Waals surface area contributed by atoms with Gasteiger partial charge in [-0.2, -0.15) is 0 Å². The molecule has 2 N–H and O–H groups in total. The van der Waals surface area contributed by atoms with Gasteiger partial charge in [-0.3, -0.25) is 4.90 Å². The maximum absolute atomic E-state index is 12.1. The van der Waals surface area contributed by atoms with Crippen LogP contribution in [-0.2, 0) is 0 Å². The molecule has 20 heavy (non-hydrogen) atoms. The van der Waals surface area contributed by atoms with E-state index < -0.39 is 6.36 Å². The van der Waals surface area contributed by atoms with Crippen LogP contribution in [0.5, 0.6) is 5.75 Å². The molecule has 1 aromatic carbocycles. The number of hydrogen-bond acceptors (Lipinski definition) is 3. The van der Waals surface area contributed by atoms with Crippen LogP contribution in [0.3, 0.4) is 0 Å². The maximum Gasteiger partial charge on any atom is 0.573 e. The molecule has 0 saturated carbocycles. The van der Waals surface area contributed by atoms with Crippen LogP contribution in [0.15, 0.2) is 24.3 Å². The van der Waals surface area contributed by atoms with E-state index in [1.54, 1.807) is 12.1 Å². The van der Waals surface area contributed by atoms with Crippen molar-refractivity contribution in [1.29, 1.82) is 0 Å². The third-order valence-corrected chi connectivity index (χ3v) is 3.08. The molecule has 114 valence electrons. The normalized spacial score (nSPS) is 13.6. The van der Waals surface area contributed by atoms with E-state index in [4.69, 9.17) is 5.73 Å². The third-order valence-electron chi connectivity index (χ3n) is 3.08. The molecule has 1 aromatic rings. The van der Waals surface area contributed by atoms with Crippen LogP contribution in [0.1, 0.15) is 31.9 Å². The van der Waals surface area contributed by atoms with Crippen LogP contribution in [-0.4, -0.2) is 30.9 Å². The quantitative estimate of drug-likeness (QED) is 0.837. The lowest BCUT2D eigenvalue weighted by atomic mass is 10.0. The second-order valence-electron chi connectivity index (χ2n) is 4.50. The third kappa shape index (κ3) is 5.02. The molecule has 1 unspecified atom stereocenters. The largest absolute Gasteiger partial charge is 0.573 e. The first-order chi connectivity index (χ1) is 9.41. The van der Waals surface area contributed by atoms with E-state index in [-0.39, 0.29) is 11.8 Å². The second-order valence-corrected chi connectivity index (χ2v) is 4.50. The summed E-state index contributed by atoms with van der Waals surface area (Å²) in [5.41, 5.74) is 6.70. The number of nitrogens with zero attached hydrogens (tertiary/aromatic N) is 1. The lowest BCUT2D eigenvalue weighted by Gasteiger charge is -2.30. The zero-order valence-electron chi connectivity index (χ0n) is 11.8. The Morgan fingerprint density at radius 3 is 2.20 bits per heavy atom. The molecule has 0 spiro atoms. The number of hydrogen-bond donors (Lipinski definition) is 1. The van der Waals surface area contributed by atoms with E-state index >= 15 is 0 Å². The maximum atomic E-state index is 12.1. The SMILES string of the molecule is CCCN(CC)C(CN)c1ccc(OC(F)(F)F)cc1. The monoisotopic (exact) mass is 290 g/mol. The lowest BCUT2D eigenvalue weighted by Crippen LogP contribution is -2.34. The summed E-state index contributed by atoms with van der Waals surface area (Å²) in [6.45, 7) is 6.29. The van der Waals surface area contributed by atoms with Crippen molar-refractivity contribution < 1.29 is 17.9 Å². The zero-order chi connectivity index (χ0) is 15.2. The van der Waals surface area contributed by atoms with Gasteiger partial charge in [0.15, 0.2) is 0 Å². The fraction of sp³-hybridized carbons (Fsp3) is 0.571. The molecular formula is C14H21F3N2O. The second kappa shape index (κ2) is 7.50. The van der Waals surface area contributed by atoms with E-state index in [1.165, 1.54) is 12.1 Å². The molecule has 6 heteroatoms. The zero-order valence-corrected chi connectivity index (χ0v) is 11.8. The van der Waals surface area contributed by atoms with Crippen LogP contribution in [0, 0.1) is 0 Å². The molecule has 0 aliphatic rings. The predicted molar refractivity (Wildman–Crippen MR) is 72.5 cm³/mol. The summed E-state index contributed by atoms with van der Waals surface area (Å²) in [6, 6.07) is 5.93. The summed E-state index contributed by atoms with van der Waals surface area (Å²) >= 11 is 0. The number of halogens is 3. The molecule has 0 radical (unpaired) electrons. The molecule has 1 rings (SSSR count).